The third kappa shape index (κ3) is 3.16. The maximum atomic E-state index is 12.8. The average Bonchev–Trinajstić information content (AvgIpc) is 3.26. The molecule has 0 heterocycles. The van der Waals surface area contributed by atoms with Crippen LogP contribution >= 0.6 is 0 Å². The standard InChI is InChI=1S/C19H15F/c20-18-8-6-17(7-9-18)11-13-19(14-15-19)12-10-16-4-2-1-3-5-16/h1-9,11,13H,14-15H2/b13-11-. The molecule has 1 saturated carbocycles. The van der Waals surface area contributed by atoms with Gasteiger partial charge in [0.2, 0.25) is 0 Å². The Morgan fingerprint density at radius 2 is 1.65 bits per heavy atom. The molecule has 0 N–H and O–H groups in total. The zero-order valence-corrected chi connectivity index (χ0v) is 11.1. The van der Waals surface area contributed by atoms with E-state index in [1.165, 1.54) is 12.1 Å². The molecule has 2 aromatic rings. The number of halogens is 1. The summed E-state index contributed by atoms with van der Waals surface area (Å²) in [5, 5.41) is 0. The Kier molecular flexibility index (Phi) is 3.39. The first kappa shape index (κ1) is 12.7. The predicted molar refractivity (Wildman–Crippen MR) is 80.4 cm³/mol. The van der Waals surface area contributed by atoms with Gasteiger partial charge >= 0.3 is 0 Å². The Hall–Kier alpha value is -2.33. The van der Waals surface area contributed by atoms with Gasteiger partial charge in [0.25, 0.3) is 0 Å². The molecule has 0 bridgehead atoms. The van der Waals surface area contributed by atoms with Crippen molar-refractivity contribution in [1.82, 2.24) is 0 Å². The molecule has 0 saturated heterocycles. The molecule has 0 radical (unpaired) electrons. The lowest BCUT2D eigenvalue weighted by Crippen LogP contribution is -1.89. The summed E-state index contributed by atoms with van der Waals surface area (Å²) in [4.78, 5) is 0. The second-order valence-electron chi connectivity index (χ2n) is 5.16. The molecular weight excluding hydrogens is 247 g/mol. The van der Waals surface area contributed by atoms with Crippen LogP contribution in [0.5, 0.6) is 0 Å². The topological polar surface area (TPSA) is 0 Å². The van der Waals surface area contributed by atoms with Crippen molar-refractivity contribution in [3.63, 3.8) is 0 Å². The van der Waals surface area contributed by atoms with Gasteiger partial charge < -0.3 is 0 Å². The van der Waals surface area contributed by atoms with Crippen molar-refractivity contribution in [2.45, 2.75) is 12.8 Å². The van der Waals surface area contributed by atoms with Crippen molar-refractivity contribution in [3.05, 3.63) is 77.6 Å². The van der Waals surface area contributed by atoms with Crippen LogP contribution in [0.25, 0.3) is 6.08 Å². The highest BCUT2D eigenvalue weighted by Gasteiger charge is 2.38. The minimum absolute atomic E-state index is 0.0181. The van der Waals surface area contributed by atoms with E-state index in [2.05, 4.69) is 17.9 Å². The highest BCUT2D eigenvalue weighted by atomic mass is 19.1. The van der Waals surface area contributed by atoms with Gasteiger partial charge in [0.15, 0.2) is 0 Å². The zero-order valence-electron chi connectivity index (χ0n) is 11.1. The molecule has 0 amide bonds. The summed E-state index contributed by atoms with van der Waals surface area (Å²) in [5.41, 5.74) is 2.08. The molecule has 98 valence electrons. The smallest absolute Gasteiger partial charge is 0.123 e. The third-order valence-electron chi connectivity index (χ3n) is 3.48. The fourth-order valence-electron chi connectivity index (χ4n) is 2.02. The first-order chi connectivity index (χ1) is 9.76. The van der Waals surface area contributed by atoms with Crippen LogP contribution in [0, 0.1) is 23.1 Å². The minimum atomic E-state index is -0.202. The summed E-state index contributed by atoms with van der Waals surface area (Å²) in [6, 6.07) is 16.6. The van der Waals surface area contributed by atoms with Crippen LogP contribution in [0.1, 0.15) is 24.0 Å². The molecule has 1 aliphatic carbocycles. The van der Waals surface area contributed by atoms with Crippen LogP contribution in [0.4, 0.5) is 4.39 Å². The molecule has 0 spiro atoms. The van der Waals surface area contributed by atoms with Crippen molar-refractivity contribution in [2.24, 2.45) is 5.41 Å². The first-order valence-corrected chi connectivity index (χ1v) is 6.79. The van der Waals surface area contributed by atoms with Gasteiger partial charge in [-0.2, -0.15) is 0 Å². The Balaban J connectivity index is 1.74. The van der Waals surface area contributed by atoms with Crippen LogP contribution in [0.2, 0.25) is 0 Å². The molecule has 0 unspecified atom stereocenters. The van der Waals surface area contributed by atoms with Crippen LogP contribution in [-0.2, 0) is 0 Å². The summed E-state index contributed by atoms with van der Waals surface area (Å²) in [5.74, 6) is 6.39. The van der Waals surface area contributed by atoms with Gasteiger partial charge in [0.05, 0.1) is 5.41 Å². The van der Waals surface area contributed by atoms with Crippen LogP contribution in [0.3, 0.4) is 0 Å². The van der Waals surface area contributed by atoms with Gasteiger partial charge in [0.1, 0.15) is 5.82 Å². The van der Waals surface area contributed by atoms with Crippen molar-refractivity contribution >= 4 is 6.08 Å². The van der Waals surface area contributed by atoms with E-state index in [0.717, 1.165) is 24.0 Å². The Morgan fingerprint density at radius 1 is 0.950 bits per heavy atom. The molecule has 0 atom stereocenters. The maximum absolute atomic E-state index is 12.8. The van der Waals surface area contributed by atoms with E-state index in [-0.39, 0.29) is 11.2 Å². The van der Waals surface area contributed by atoms with Crippen LogP contribution < -0.4 is 0 Å². The number of rotatable bonds is 2. The fourth-order valence-corrected chi connectivity index (χ4v) is 2.02. The summed E-state index contributed by atoms with van der Waals surface area (Å²) >= 11 is 0. The molecule has 0 aliphatic heterocycles. The van der Waals surface area contributed by atoms with E-state index < -0.39 is 0 Å². The molecular formula is C19H15F. The zero-order chi connectivity index (χ0) is 13.8. The Morgan fingerprint density at radius 3 is 2.30 bits per heavy atom. The van der Waals surface area contributed by atoms with Crippen molar-refractivity contribution in [3.8, 4) is 11.8 Å². The van der Waals surface area contributed by atoms with E-state index in [1.54, 1.807) is 12.1 Å². The van der Waals surface area contributed by atoms with E-state index >= 15 is 0 Å². The van der Waals surface area contributed by atoms with E-state index in [1.807, 2.05) is 36.4 Å². The quantitative estimate of drug-likeness (QED) is 0.690. The van der Waals surface area contributed by atoms with Gasteiger partial charge in [-0.3, -0.25) is 0 Å². The van der Waals surface area contributed by atoms with Gasteiger partial charge in [-0.25, -0.2) is 4.39 Å². The predicted octanol–water partition coefficient (Wildman–Crippen LogP) is 4.67. The largest absolute Gasteiger partial charge is 0.207 e. The van der Waals surface area contributed by atoms with Crippen LogP contribution in [0.15, 0.2) is 60.7 Å². The average molecular weight is 262 g/mol. The number of benzene rings is 2. The summed E-state index contributed by atoms with van der Waals surface area (Å²) in [6.07, 6.45) is 6.39. The first-order valence-electron chi connectivity index (χ1n) is 6.79. The van der Waals surface area contributed by atoms with E-state index in [9.17, 15) is 4.39 Å². The summed E-state index contributed by atoms with van der Waals surface area (Å²) < 4.78 is 12.8. The van der Waals surface area contributed by atoms with Gasteiger partial charge in [-0.1, -0.05) is 54.3 Å². The lowest BCUT2D eigenvalue weighted by Gasteiger charge is -1.99. The lowest BCUT2D eigenvalue weighted by molar-refractivity contribution is 0.628. The molecule has 3 rings (SSSR count). The third-order valence-corrected chi connectivity index (χ3v) is 3.48. The van der Waals surface area contributed by atoms with Crippen molar-refractivity contribution in [2.75, 3.05) is 0 Å². The molecule has 20 heavy (non-hydrogen) atoms. The number of hydrogen-bond acceptors (Lipinski definition) is 0. The molecule has 0 aromatic heterocycles. The fraction of sp³-hybridized carbons (Fsp3) is 0.158. The number of allylic oxidation sites excluding steroid dienone is 1. The normalized spacial score (nSPS) is 15.7. The molecule has 1 heteroatoms. The highest BCUT2D eigenvalue weighted by Crippen LogP contribution is 2.46. The monoisotopic (exact) mass is 262 g/mol. The lowest BCUT2D eigenvalue weighted by atomic mass is 10.0. The van der Waals surface area contributed by atoms with Crippen LogP contribution in [-0.4, -0.2) is 0 Å². The second kappa shape index (κ2) is 5.35. The SMILES string of the molecule is Fc1ccc(/C=C\C2(C#Cc3ccccc3)CC2)cc1. The maximum Gasteiger partial charge on any atom is 0.123 e. The van der Waals surface area contributed by atoms with Gasteiger partial charge in [-0.05, 0) is 42.7 Å². The van der Waals surface area contributed by atoms with Gasteiger partial charge in [0, 0.05) is 5.56 Å². The molecule has 0 nitrogen and oxygen atoms in total. The highest BCUT2D eigenvalue weighted by molar-refractivity contribution is 5.53. The second-order valence-corrected chi connectivity index (χ2v) is 5.16. The summed E-state index contributed by atoms with van der Waals surface area (Å²) in [6.45, 7) is 0. The van der Waals surface area contributed by atoms with Crippen molar-refractivity contribution < 1.29 is 4.39 Å². The van der Waals surface area contributed by atoms with E-state index in [0.29, 0.717) is 0 Å². The van der Waals surface area contributed by atoms with Crippen molar-refractivity contribution in [1.29, 1.82) is 0 Å². The Bertz CT molecular complexity index is 665. The van der Waals surface area contributed by atoms with E-state index in [4.69, 9.17) is 0 Å². The minimum Gasteiger partial charge on any atom is -0.207 e. The molecule has 1 aliphatic rings. The van der Waals surface area contributed by atoms with Gasteiger partial charge in [-0.15, -0.1) is 0 Å². The Labute approximate surface area is 119 Å². The number of hydrogen-bond donors (Lipinski definition) is 0. The molecule has 1 fully saturated rings. The molecule has 2 aromatic carbocycles. The summed E-state index contributed by atoms with van der Waals surface area (Å²) in [7, 11) is 0.